The lowest BCUT2D eigenvalue weighted by Gasteiger charge is -2.27. The average Bonchev–Trinajstić information content (AvgIpc) is 2.89. The normalized spacial score (nSPS) is 12.7. The molecule has 1 atom stereocenters. The van der Waals surface area contributed by atoms with Gasteiger partial charge >= 0.3 is 0 Å². The molecule has 35 heavy (non-hydrogen) atoms. The molecule has 190 valence electrons. The quantitative estimate of drug-likeness (QED) is 0.355. The van der Waals surface area contributed by atoms with Crippen LogP contribution in [0.3, 0.4) is 0 Å². The number of nitrogens with zero attached hydrogens (tertiary/aromatic N) is 1. The first-order chi connectivity index (χ1) is 17.0. The van der Waals surface area contributed by atoms with Gasteiger partial charge in [-0.25, -0.2) is 0 Å². The molecule has 3 aromatic carbocycles. The highest BCUT2D eigenvalue weighted by molar-refractivity contribution is 7.99. The first-order valence-electron chi connectivity index (χ1n) is 12.3. The van der Waals surface area contributed by atoms with Crippen molar-refractivity contribution in [2.45, 2.75) is 44.6 Å². The molecule has 1 aliphatic rings. The smallest absolute Gasteiger partial charge is 0.133 e. The number of thioether (sulfide) groups is 1. The van der Waals surface area contributed by atoms with Gasteiger partial charge in [-0.3, -0.25) is 4.90 Å². The van der Waals surface area contributed by atoms with Gasteiger partial charge in [0.15, 0.2) is 0 Å². The SMILES string of the molecule is CCCCN(CC)[C@@H](C)COc1ccccc1.Oc1ccc2c(c1)SCCO2.Oc1ccccc1. The molecule has 3 aromatic rings. The Bertz CT molecular complexity index is 940. The van der Waals surface area contributed by atoms with Crippen LogP contribution in [0.4, 0.5) is 0 Å². The van der Waals surface area contributed by atoms with E-state index in [1.54, 1.807) is 54.2 Å². The molecule has 1 aliphatic heterocycles. The maximum absolute atomic E-state index is 9.12. The molecule has 0 radical (unpaired) electrons. The number of para-hydroxylation sites is 2. The Morgan fingerprint density at radius 1 is 0.943 bits per heavy atom. The monoisotopic (exact) mass is 497 g/mol. The Morgan fingerprint density at radius 3 is 2.23 bits per heavy atom. The second kappa shape index (κ2) is 16.7. The van der Waals surface area contributed by atoms with Crippen molar-refractivity contribution in [1.82, 2.24) is 4.90 Å². The van der Waals surface area contributed by atoms with Crippen LogP contribution in [0.1, 0.15) is 33.6 Å². The van der Waals surface area contributed by atoms with Crippen molar-refractivity contribution in [3.05, 3.63) is 78.9 Å². The molecule has 0 bridgehead atoms. The van der Waals surface area contributed by atoms with Gasteiger partial charge in [0.2, 0.25) is 0 Å². The van der Waals surface area contributed by atoms with Crippen molar-refractivity contribution in [1.29, 1.82) is 0 Å². The molecule has 0 unspecified atom stereocenters. The largest absolute Gasteiger partial charge is 0.508 e. The molecule has 2 N–H and O–H groups in total. The van der Waals surface area contributed by atoms with Crippen LogP contribution in [-0.4, -0.2) is 53.2 Å². The summed E-state index contributed by atoms with van der Waals surface area (Å²) in [4.78, 5) is 3.52. The van der Waals surface area contributed by atoms with Gasteiger partial charge in [-0.1, -0.05) is 56.7 Å². The standard InChI is InChI=1S/C15H25NO.C8H8O2S.C6H6O/c1-4-6-12-16(5-2)14(3)13-17-15-10-8-7-9-11-15;9-6-1-2-7-8(5-6)11-4-3-10-7;7-6-4-2-1-3-5-6/h7-11,14H,4-6,12-13H2,1-3H3;1-2,5,9H,3-4H2;1-5,7H/t14-;;/m0../s1. The number of phenolic OH excluding ortho intramolecular Hbond substituents is 2. The van der Waals surface area contributed by atoms with Crippen molar-refractivity contribution < 1.29 is 19.7 Å². The van der Waals surface area contributed by atoms with E-state index >= 15 is 0 Å². The molecule has 0 saturated carbocycles. The molecule has 1 heterocycles. The predicted molar refractivity (Wildman–Crippen MR) is 146 cm³/mol. The maximum Gasteiger partial charge on any atom is 0.133 e. The number of aromatic hydroxyl groups is 2. The molecule has 4 rings (SSSR count). The van der Waals surface area contributed by atoms with Crippen LogP contribution in [0.15, 0.2) is 83.8 Å². The average molecular weight is 498 g/mol. The summed E-state index contributed by atoms with van der Waals surface area (Å²) in [5.74, 6) is 3.45. The van der Waals surface area contributed by atoms with E-state index in [2.05, 4.69) is 25.7 Å². The fraction of sp³-hybridized carbons (Fsp3) is 0.379. The molecule has 6 heteroatoms. The van der Waals surface area contributed by atoms with Crippen LogP contribution in [0, 0.1) is 0 Å². The third kappa shape index (κ3) is 11.4. The highest BCUT2D eigenvalue weighted by Gasteiger charge is 2.12. The Balaban J connectivity index is 0.000000203. The zero-order chi connectivity index (χ0) is 25.3. The lowest BCUT2D eigenvalue weighted by molar-refractivity contribution is 0.150. The minimum atomic E-state index is 0.307. The molecular weight excluding hydrogens is 458 g/mol. The van der Waals surface area contributed by atoms with Crippen LogP contribution in [0.25, 0.3) is 0 Å². The second-order valence-electron chi connectivity index (χ2n) is 8.12. The first-order valence-corrected chi connectivity index (χ1v) is 13.3. The lowest BCUT2D eigenvalue weighted by atomic mass is 10.2. The van der Waals surface area contributed by atoms with Crippen molar-refractivity contribution >= 4 is 11.8 Å². The number of rotatable bonds is 8. The summed E-state index contributed by atoms with van der Waals surface area (Å²) in [6.07, 6.45) is 2.52. The van der Waals surface area contributed by atoms with E-state index in [1.165, 1.54) is 19.4 Å². The van der Waals surface area contributed by atoms with Gasteiger partial charge in [-0.15, -0.1) is 11.8 Å². The maximum atomic E-state index is 9.12. The van der Waals surface area contributed by atoms with Gasteiger partial charge < -0.3 is 19.7 Å². The summed E-state index contributed by atoms with van der Waals surface area (Å²) in [6, 6.07) is 24.4. The number of hydrogen-bond acceptors (Lipinski definition) is 6. The number of phenols is 2. The van der Waals surface area contributed by atoms with Gasteiger partial charge in [-0.2, -0.15) is 0 Å². The van der Waals surface area contributed by atoms with E-state index in [4.69, 9.17) is 19.7 Å². The third-order valence-corrected chi connectivity index (χ3v) is 6.35. The van der Waals surface area contributed by atoms with Crippen LogP contribution in [0.5, 0.6) is 23.0 Å². The molecule has 0 fully saturated rings. The topological polar surface area (TPSA) is 62.2 Å². The summed E-state index contributed by atoms with van der Waals surface area (Å²) >= 11 is 1.72. The van der Waals surface area contributed by atoms with Crippen LogP contribution in [0.2, 0.25) is 0 Å². The zero-order valence-corrected chi connectivity index (χ0v) is 21.9. The molecule has 0 aromatic heterocycles. The number of ether oxygens (including phenoxy) is 2. The molecular formula is C29H39NO4S. The Labute approximate surface area is 214 Å². The van der Waals surface area contributed by atoms with Crippen molar-refractivity contribution in [2.24, 2.45) is 0 Å². The number of hydrogen-bond donors (Lipinski definition) is 2. The van der Waals surface area contributed by atoms with Crippen molar-refractivity contribution in [3.8, 4) is 23.0 Å². The van der Waals surface area contributed by atoms with E-state index in [-0.39, 0.29) is 0 Å². The van der Waals surface area contributed by atoms with E-state index in [1.807, 2.05) is 36.4 Å². The molecule has 0 spiro atoms. The second-order valence-corrected chi connectivity index (χ2v) is 9.26. The van der Waals surface area contributed by atoms with Crippen LogP contribution >= 0.6 is 11.8 Å². The van der Waals surface area contributed by atoms with Crippen LogP contribution < -0.4 is 9.47 Å². The summed E-state index contributed by atoms with van der Waals surface area (Å²) in [7, 11) is 0. The number of fused-ring (bicyclic) bond motifs is 1. The zero-order valence-electron chi connectivity index (χ0n) is 21.1. The molecule has 5 nitrogen and oxygen atoms in total. The fourth-order valence-corrected chi connectivity index (χ4v) is 4.21. The number of unbranched alkanes of at least 4 members (excludes halogenated alkanes) is 1. The number of likely N-dealkylation sites (N-methyl/N-ethyl adjacent to an activating group) is 1. The van der Waals surface area contributed by atoms with E-state index in [0.717, 1.165) is 41.9 Å². The number of benzene rings is 3. The van der Waals surface area contributed by atoms with Crippen molar-refractivity contribution in [2.75, 3.05) is 32.1 Å². The summed E-state index contributed by atoms with van der Waals surface area (Å²) in [5.41, 5.74) is 0. The van der Waals surface area contributed by atoms with E-state index < -0.39 is 0 Å². The predicted octanol–water partition coefficient (Wildman–Crippen LogP) is 6.84. The van der Waals surface area contributed by atoms with Gasteiger partial charge in [0.1, 0.15) is 29.6 Å². The minimum Gasteiger partial charge on any atom is -0.508 e. The Morgan fingerprint density at radius 2 is 1.63 bits per heavy atom. The summed E-state index contributed by atoms with van der Waals surface area (Å²) < 4.78 is 11.1. The highest BCUT2D eigenvalue weighted by Crippen LogP contribution is 2.35. The van der Waals surface area contributed by atoms with Crippen LogP contribution in [-0.2, 0) is 0 Å². The van der Waals surface area contributed by atoms with Gasteiger partial charge in [-0.05, 0) is 68.9 Å². The Kier molecular flexibility index (Phi) is 13.6. The Hall–Kier alpha value is -2.83. The van der Waals surface area contributed by atoms with Crippen molar-refractivity contribution in [3.63, 3.8) is 0 Å². The van der Waals surface area contributed by atoms with Gasteiger partial charge in [0.05, 0.1) is 11.5 Å². The third-order valence-electron chi connectivity index (χ3n) is 5.34. The summed E-state index contributed by atoms with van der Waals surface area (Å²) in [5, 5.41) is 17.8. The molecule has 0 aliphatic carbocycles. The minimum absolute atomic E-state index is 0.307. The van der Waals surface area contributed by atoms with Gasteiger partial charge in [0.25, 0.3) is 0 Å². The highest BCUT2D eigenvalue weighted by atomic mass is 32.2. The molecule has 0 saturated heterocycles. The fourth-order valence-electron chi connectivity index (χ4n) is 3.35. The van der Waals surface area contributed by atoms with Gasteiger partial charge in [0, 0.05) is 11.8 Å². The first kappa shape index (κ1) is 28.4. The van der Waals surface area contributed by atoms with E-state index in [9.17, 15) is 0 Å². The lowest BCUT2D eigenvalue weighted by Crippen LogP contribution is -2.37. The molecule has 0 amide bonds. The summed E-state index contributed by atoms with van der Waals surface area (Å²) in [6.45, 7) is 10.5. The van der Waals surface area contributed by atoms with E-state index in [0.29, 0.717) is 17.5 Å².